The molecule has 6 heteroatoms. The van der Waals surface area contributed by atoms with Gasteiger partial charge in [-0.25, -0.2) is 4.98 Å². The van der Waals surface area contributed by atoms with Gasteiger partial charge in [0.05, 0.1) is 6.20 Å². The van der Waals surface area contributed by atoms with E-state index in [4.69, 9.17) is 10.2 Å². The summed E-state index contributed by atoms with van der Waals surface area (Å²) in [6, 6.07) is 7.71. The maximum atomic E-state index is 12.2. The summed E-state index contributed by atoms with van der Waals surface area (Å²) in [7, 11) is 0. The number of carbonyl (C=O) groups is 1. The summed E-state index contributed by atoms with van der Waals surface area (Å²) in [5, 5.41) is 2.95. The Morgan fingerprint density at radius 1 is 1.38 bits per heavy atom. The summed E-state index contributed by atoms with van der Waals surface area (Å²) < 4.78 is 5.25. The lowest BCUT2D eigenvalue weighted by molar-refractivity contribution is -0.119. The number of carbonyl (C=O) groups excluding carboxylic acids is 1. The molecule has 2 unspecified atom stereocenters. The number of nitrogens with two attached hydrogens (primary N) is 1. The summed E-state index contributed by atoms with van der Waals surface area (Å²) in [6.45, 7) is 0. The van der Waals surface area contributed by atoms with Crippen molar-refractivity contribution < 1.29 is 9.21 Å². The van der Waals surface area contributed by atoms with Crippen LogP contribution in [0, 0.1) is 5.92 Å². The number of aromatic nitrogens is 1. The largest absolute Gasteiger partial charge is 0.444 e. The molecule has 2 aromatic rings. The molecule has 1 aliphatic carbocycles. The zero-order chi connectivity index (χ0) is 13.9. The van der Waals surface area contributed by atoms with Crippen molar-refractivity contribution in [2.24, 2.45) is 11.7 Å². The summed E-state index contributed by atoms with van der Waals surface area (Å²) in [6.07, 6.45) is 5.61. The second kappa shape index (κ2) is 6.74. The monoisotopic (exact) mass is 307 g/mol. The highest BCUT2D eigenvalue weighted by Crippen LogP contribution is 2.27. The first-order valence-corrected chi connectivity index (χ1v) is 6.78. The first kappa shape index (κ1) is 15.5. The summed E-state index contributed by atoms with van der Waals surface area (Å²) in [5.41, 5.74) is 7.51. The molecule has 1 heterocycles. The molecule has 0 aliphatic heterocycles. The minimum absolute atomic E-state index is 0. The van der Waals surface area contributed by atoms with Gasteiger partial charge in [0, 0.05) is 23.2 Å². The van der Waals surface area contributed by atoms with E-state index in [9.17, 15) is 4.79 Å². The second-order valence-electron chi connectivity index (χ2n) is 5.21. The minimum Gasteiger partial charge on any atom is -0.444 e. The molecule has 1 aromatic carbocycles. The fourth-order valence-electron chi connectivity index (χ4n) is 2.61. The maximum absolute atomic E-state index is 12.2. The first-order chi connectivity index (χ1) is 9.72. The van der Waals surface area contributed by atoms with E-state index in [-0.39, 0.29) is 30.3 Å². The van der Waals surface area contributed by atoms with Crippen molar-refractivity contribution in [2.45, 2.75) is 25.3 Å². The molecule has 1 fully saturated rings. The van der Waals surface area contributed by atoms with Gasteiger partial charge in [-0.15, -0.1) is 12.4 Å². The number of anilines is 1. The fraction of sp³-hybridized carbons (Fsp3) is 0.333. The third kappa shape index (κ3) is 3.62. The van der Waals surface area contributed by atoms with Gasteiger partial charge in [0.2, 0.25) is 5.91 Å². The van der Waals surface area contributed by atoms with Crippen molar-refractivity contribution in [3.8, 4) is 11.3 Å². The van der Waals surface area contributed by atoms with Gasteiger partial charge in [-0.1, -0.05) is 12.1 Å². The Morgan fingerprint density at radius 3 is 2.90 bits per heavy atom. The SMILES string of the molecule is Cl.NC1CCC(C(=O)Nc2cccc(-c3cnco3)c2)C1. The summed E-state index contributed by atoms with van der Waals surface area (Å²) in [5.74, 6) is 0.760. The standard InChI is InChI=1S/C15H17N3O2.ClH/c16-12-5-4-11(6-12)15(19)18-13-3-1-2-10(7-13)14-8-17-9-20-14;/h1-3,7-9,11-12H,4-6,16H2,(H,18,19);1H. The third-order valence-electron chi connectivity index (χ3n) is 3.69. The number of nitrogens with one attached hydrogen (secondary N) is 1. The highest BCUT2D eigenvalue weighted by molar-refractivity contribution is 5.93. The van der Waals surface area contributed by atoms with Gasteiger partial charge in [-0.3, -0.25) is 4.79 Å². The Bertz CT molecular complexity index is 601. The van der Waals surface area contributed by atoms with E-state index in [0.29, 0.717) is 5.76 Å². The number of nitrogens with zero attached hydrogens (tertiary/aromatic N) is 1. The Hall–Kier alpha value is -1.85. The molecule has 0 saturated heterocycles. The zero-order valence-corrected chi connectivity index (χ0v) is 12.3. The van der Waals surface area contributed by atoms with E-state index in [1.165, 1.54) is 6.39 Å². The van der Waals surface area contributed by atoms with Crippen LogP contribution in [0.15, 0.2) is 41.3 Å². The topological polar surface area (TPSA) is 81.2 Å². The van der Waals surface area contributed by atoms with Crippen LogP contribution in [0.3, 0.4) is 0 Å². The molecule has 5 nitrogen and oxygen atoms in total. The molecule has 1 saturated carbocycles. The molecule has 0 bridgehead atoms. The quantitative estimate of drug-likeness (QED) is 0.913. The van der Waals surface area contributed by atoms with Gasteiger partial charge in [0.15, 0.2) is 12.2 Å². The van der Waals surface area contributed by atoms with Crippen LogP contribution in [0.1, 0.15) is 19.3 Å². The number of amides is 1. The predicted molar refractivity (Wildman–Crippen MR) is 83.1 cm³/mol. The molecule has 1 aromatic heterocycles. The van der Waals surface area contributed by atoms with Crippen LogP contribution in [0.5, 0.6) is 0 Å². The highest BCUT2D eigenvalue weighted by atomic mass is 35.5. The molecule has 0 radical (unpaired) electrons. The van der Waals surface area contributed by atoms with Crippen LogP contribution >= 0.6 is 12.4 Å². The van der Waals surface area contributed by atoms with Crippen molar-refractivity contribution in [1.29, 1.82) is 0 Å². The van der Waals surface area contributed by atoms with Crippen LogP contribution in [0.25, 0.3) is 11.3 Å². The van der Waals surface area contributed by atoms with Crippen molar-refractivity contribution in [1.82, 2.24) is 4.98 Å². The number of rotatable bonds is 3. The first-order valence-electron chi connectivity index (χ1n) is 6.78. The van der Waals surface area contributed by atoms with Gasteiger partial charge >= 0.3 is 0 Å². The molecule has 112 valence electrons. The minimum atomic E-state index is 0. The molecule has 2 atom stereocenters. The van der Waals surface area contributed by atoms with E-state index < -0.39 is 0 Å². The van der Waals surface area contributed by atoms with E-state index in [1.54, 1.807) is 6.20 Å². The fourth-order valence-corrected chi connectivity index (χ4v) is 2.61. The van der Waals surface area contributed by atoms with Gasteiger partial charge in [0.1, 0.15) is 0 Å². The smallest absolute Gasteiger partial charge is 0.227 e. The van der Waals surface area contributed by atoms with Crippen molar-refractivity contribution >= 4 is 24.0 Å². The number of hydrogen-bond donors (Lipinski definition) is 2. The molecule has 3 N–H and O–H groups in total. The van der Waals surface area contributed by atoms with Crippen molar-refractivity contribution in [2.75, 3.05) is 5.32 Å². The second-order valence-corrected chi connectivity index (χ2v) is 5.21. The summed E-state index contributed by atoms with van der Waals surface area (Å²) >= 11 is 0. The maximum Gasteiger partial charge on any atom is 0.227 e. The number of halogens is 1. The molecule has 1 aliphatic rings. The Morgan fingerprint density at radius 2 is 2.24 bits per heavy atom. The Balaban J connectivity index is 0.00000161. The predicted octanol–water partition coefficient (Wildman–Crippen LogP) is 2.83. The van der Waals surface area contributed by atoms with Gasteiger partial charge in [-0.2, -0.15) is 0 Å². The average Bonchev–Trinajstić information content (AvgIpc) is 3.10. The van der Waals surface area contributed by atoms with Crippen LogP contribution in [-0.4, -0.2) is 16.9 Å². The molecular weight excluding hydrogens is 290 g/mol. The van der Waals surface area contributed by atoms with E-state index in [0.717, 1.165) is 30.5 Å². The molecule has 0 spiro atoms. The lowest BCUT2D eigenvalue weighted by atomic mass is 10.1. The van der Waals surface area contributed by atoms with Crippen LogP contribution in [-0.2, 0) is 4.79 Å². The zero-order valence-electron chi connectivity index (χ0n) is 11.5. The van der Waals surface area contributed by atoms with E-state index in [2.05, 4.69) is 10.3 Å². The van der Waals surface area contributed by atoms with Crippen molar-refractivity contribution in [3.63, 3.8) is 0 Å². The lowest BCUT2D eigenvalue weighted by Gasteiger charge is -2.11. The van der Waals surface area contributed by atoms with Crippen LogP contribution in [0.4, 0.5) is 5.69 Å². The molecule has 3 rings (SSSR count). The molecule has 1 amide bonds. The van der Waals surface area contributed by atoms with E-state index >= 15 is 0 Å². The van der Waals surface area contributed by atoms with Gasteiger partial charge < -0.3 is 15.5 Å². The molecule has 21 heavy (non-hydrogen) atoms. The Kier molecular flexibility index (Phi) is 4.98. The Labute approximate surface area is 129 Å². The number of hydrogen-bond acceptors (Lipinski definition) is 4. The highest BCUT2D eigenvalue weighted by Gasteiger charge is 2.27. The summed E-state index contributed by atoms with van der Waals surface area (Å²) in [4.78, 5) is 16.0. The van der Waals surface area contributed by atoms with Crippen molar-refractivity contribution in [3.05, 3.63) is 36.9 Å². The van der Waals surface area contributed by atoms with Gasteiger partial charge in [-0.05, 0) is 31.4 Å². The number of benzene rings is 1. The third-order valence-corrected chi connectivity index (χ3v) is 3.69. The lowest BCUT2D eigenvalue weighted by Crippen LogP contribution is -2.23. The van der Waals surface area contributed by atoms with Gasteiger partial charge in [0.25, 0.3) is 0 Å². The number of oxazole rings is 1. The molecular formula is C15H18ClN3O2. The van der Waals surface area contributed by atoms with Crippen LogP contribution < -0.4 is 11.1 Å². The van der Waals surface area contributed by atoms with E-state index in [1.807, 2.05) is 24.3 Å². The van der Waals surface area contributed by atoms with Crippen LogP contribution in [0.2, 0.25) is 0 Å². The normalized spacial score (nSPS) is 20.8. The average molecular weight is 308 g/mol.